The standard InChI is InChI=1S/C15H25NO2/c1-13(2)8-11-18-15-7-5-6-14(12-15)16-9-3-4-10-17/h5-7,12-13,16-17H,3-4,8-11H2,1-2H3. The molecule has 0 saturated carbocycles. The maximum absolute atomic E-state index is 8.70. The Balaban J connectivity index is 2.32. The second kappa shape index (κ2) is 8.81. The minimum absolute atomic E-state index is 0.264. The number of hydrogen-bond acceptors (Lipinski definition) is 3. The summed E-state index contributed by atoms with van der Waals surface area (Å²) >= 11 is 0. The van der Waals surface area contributed by atoms with Crippen molar-refractivity contribution in [2.75, 3.05) is 25.1 Å². The molecule has 0 amide bonds. The molecule has 102 valence electrons. The van der Waals surface area contributed by atoms with Gasteiger partial charge in [0.05, 0.1) is 6.61 Å². The molecule has 3 nitrogen and oxygen atoms in total. The van der Waals surface area contributed by atoms with Crippen molar-refractivity contribution < 1.29 is 9.84 Å². The molecule has 2 N–H and O–H groups in total. The predicted molar refractivity (Wildman–Crippen MR) is 76.2 cm³/mol. The van der Waals surface area contributed by atoms with Gasteiger partial charge in [0, 0.05) is 24.9 Å². The normalized spacial score (nSPS) is 10.7. The number of benzene rings is 1. The van der Waals surface area contributed by atoms with E-state index in [1.54, 1.807) is 0 Å². The molecule has 18 heavy (non-hydrogen) atoms. The van der Waals surface area contributed by atoms with Gasteiger partial charge in [-0.3, -0.25) is 0 Å². The van der Waals surface area contributed by atoms with Crippen LogP contribution in [0.2, 0.25) is 0 Å². The van der Waals surface area contributed by atoms with E-state index in [9.17, 15) is 0 Å². The SMILES string of the molecule is CC(C)CCOc1cccc(NCCCCO)c1. The highest BCUT2D eigenvalue weighted by molar-refractivity contribution is 5.48. The molecule has 0 aliphatic rings. The first-order chi connectivity index (χ1) is 8.72. The smallest absolute Gasteiger partial charge is 0.121 e. The summed E-state index contributed by atoms with van der Waals surface area (Å²) in [4.78, 5) is 0. The average Bonchev–Trinajstić information content (AvgIpc) is 2.35. The van der Waals surface area contributed by atoms with E-state index in [4.69, 9.17) is 9.84 Å². The molecule has 0 aliphatic heterocycles. The van der Waals surface area contributed by atoms with Crippen LogP contribution in [0.1, 0.15) is 33.1 Å². The van der Waals surface area contributed by atoms with Gasteiger partial charge in [0.1, 0.15) is 5.75 Å². The van der Waals surface area contributed by atoms with E-state index in [-0.39, 0.29) is 6.61 Å². The van der Waals surface area contributed by atoms with Crippen molar-refractivity contribution in [3.05, 3.63) is 24.3 Å². The molecule has 0 unspecified atom stereocenters. The zero-order chi connectivity index (χ0) is 13.2. The number of nitrogens with one attached hydrogen (secondary N) is 1. The second-order valence-corrected chi connectivity index (χ2v) is 4.92. The third-order valence-electron chi connectivity index (χ3n) is 2.71. The summed E-state index contributed by atoms with van der Waals surface area (Å²) in [6, 6.07) is 8.05. The third-order valence-corrected chi connectivity index (χ3v) is 2.71. The first-order valence-electron chi connectivity index (χ1n) is 6.80. The van der Waals surface area contributed by atoms with E-state index in [0.29, 0.717) is 5.92 Å². The van der Waals surface area contributed by atoms with Crippen molar-refractivity contribution in [3.63, 3.8) is 0 Å². The summed E-state index contributed by atoms with van der Waals surface area (Å²) in [7, 11) is 0. The van der Waals surface area contributed by atoms with E-state index in [2.05, 4.69) is 19.2 Å². The van der Waals surface area contributed by atoms with Gasteiger partial charge in [-0.25, -0.2) is 0 Å². The van der Waals surface area contributed by atoms with Crippen LogP contribution in [0.5, 0.6) is 5.75 Å². The van der Waals surface area contributed by atoms with Gasteiger partial charge in [0.15, 0.2) is 0 Å². The van der Waals surface area contributed by atoms with Gasteiger partial charge in [-0.1, -0.05) is 19.9 Å². The summed E-state index contributed by atoms with van der Waals surface area (Å²) < 4.78 is 5.70. The van der Waals surface area contributed by atoms with Crippen LogP contribution in [0, 0.1) is 5.92 Å². The number of unbranched alkanes of at least 4 members (excludes halogenated alkanes) is 1. The van der Waals surface area contributed by atoms with E-state index in [0.717, 1.165) is 43.9 Å². The Morgan fingerprint density at radius 1 is 1.28 bits per heavy atom. The van der Waals surface area contributed by atoms with Gasteiger partial charge in [0.25, 0.3) is 0 Å². The van der Waals surface area contributed by atoms with Crippen molar-refractivity contribution in [2.24, 2.45) is 5.92 Å². The average molecular weight is 251 g/mol. The fourth-order valence-electron chi connectivity index (χ4n) is 1.58. The Hall–Kier alpha value is -1.22. The molecule has 0 spiro atoms. The molecule has 0 aliphatic carbocycles. The van der Waals surface area contributed by atoms with Crippen LogP contribution < -0.4 is 10.1 Å². The van der Waals surface area contributed by atoms with E-state index in [1.165, 1.54) is 0 Å². The van der Waals surface area contributed by atoms with Crippen molar-refractivity contribution in [1.29, 1.82) is 0 Å². The zero-order valence-electron chi connectivity index (χ0n) is 11.5. The maximum atomic E-state index is 8.70. The highest BCUT2D eigenvalue weighted by Crippen LogP contribution is 2.18. The molecule has 3 heteroatoms. The van der Waals surface area contributed by atoms with Crippen molar-refractivity contribution in [2.45, 2.75) is 33.1 Å². The van der Waals surface area contributed by atoms with Gasteiger partial charge in [0.2, 0.25) is 0 Å². The molecule has 1 aromatic rings. The second-order valence-electron chi connectivity index (χ2n) is 4.92. The molecule has 0 saturated heterocycles. The summed E-state index contributed by atoms with van der Waals surface area (Å²) in [6.07, 6.45) is 2.90. The molecule has 1 aromatic carbocycles. The summed E-state index contributed by atoms with van der Waals surface area (Å²) in [5.74, 6) is 1.59. The molecular formula is C15H25NO2. The summed E-state index contributed by atoms with van der Waals surface area (Å²) in [6.45, 7) is 6.31. The first kappa shape index (κ1) is 14.8. The van der Waals surface area contributed by atoms with Crippen molar-refractivity contribution in [3.8, 4) is 5.75 Å². The van der Waals surface area contributed by atoms with Crippen LogP contribution in [0.4, 0.5) is 5.69 Å². The Bertz CT molecular complexity index is 326. The van der Waals surface area contributed by atoms with E-state index in [1.807, 2.05) is 24.3 Å². The Kier molecular flexibility index (Phi) is 7.26. The van der Waals surface area contributed by atoms with Crippen LogP contribution in [0.15, 0.2) is 24.3 Å². The largest absolute Gasteiger partial charge is 0.494 e. The lowest BCUT2D eigenvalue weighted by atomic mass is 10.1. The zero-order valence-corrected chi connectivity index (χ0v) is 11.5. The molecule has 0 bridgehead atoms. The third kappa shape index (κ3) is 6.50. The minimum Gasteiger partial charge on any atom is -0.494 e. The Morgan fingerprint density at radius 2 is 2.11 bits per heavy atom. The van der Waals surface area contributed by atoms with Gasteiger partial charge in [-0.05, 0) is 37.3 Å². The Labute approximate surface area is 110 Å². The predicted octanol–water partition coefficient (Wildman–Crippen LogP) is 3.30. The van der Waals surface area contributed by atoms with E-state index >= 15 is 0 Å². The number of aliphatic hydroxyl groups excluding tert-OH is 1. The maximum Gasteiger partial charge on any atom is 0.121 e. The summed E-state index contributed by atoms with van der Waals surface area (Å²) in [5.41, 5.74) is 1.08. The molecule has 0 atom stereocenters. The van der Waals surface area contributed by atoms with Crippen LogP contribution in [-0.4, -0.2) is 24.9 Å². The quantitative estimate of drug-likeness (QED) is 0.662. The molecular weight excluding hydrogens is 226 g/mol. The molecule has 0 aromatic heterocycles. The Morgan fingerprint density at radius 3 is 2.83 bits per heavy atom. The number of rotatable bonds is 9. The van der Waals surface area contributed by atoms with Crippen LogP contribution >= 0.6 is 0 Å². The highest BCUT2D eigenvalue weighted by Gasteiger charge is 1.98. The van der Waals surface area contributed by atoms with Crippen LogP contribution in [-0.2, 0) is 0 Å². The molecule has 0 radical (unpaired) electrons. The molecule has 0 fully saturated rings. The number of ether oxygens (including phenoxy) is 1. The van der Waals surface area contributed by atoms with Crippen molar-refractivity contribution in [1.82, 2.24) is 0 Å². The van der Waals surface area contributed by atoms with Crippen LogP contribution in [0.3, 0.4) is 0 Å². The van der Waals surface area contributed by atoms with Gasteiger partial charge < -0.3 is 15.2 Å². The lowest BCUT2D eigenvalue weighted by Gasteiger charge is -2.10. The minimum atomic E-state index is 0.264. The fraction of sp³-hybridized carbons (Fsp3) is 0.600. The molecule has 1 rings (SSSR count). The number of aliphatic hydroxyl groups is 1. The lowest BCUT2D eigenvalue weighted by molar-refractivity contribution is 0.286. The monoisotopic (exact) mass is 251 g/mol. The summed E-state index contributed by atoms with van der Waals surface area (Å²) in [5, 5.41) is 12.0. The lowest BCUT2D eigenvalue weighted by Crippen LogP contribution is -2.04. The molecule has 0 heterocycles. The topological polar surface area (TPSA) is 41.5 Å². The highest BCUT2D eigenvalue weighted by atomic mass is 16.5. The van der Waals surface area contributed by atoms with Gasteiger partial charge in [-0.2, -0.15) is 0 Å². The van der Waals surface area contributed by atoms with Crippen molar-refractivity contribution >= 4 is 5.69 Å². The van der Waals surface area contributed by atoms with Gasteiger partial charge >= 0.3 is 0 Å². The number of hydrogen-bond donors (Lipinski definition) is 2. The van der Waals surface area contributed by atoms with Gasteiger partial charge in [-0.15, -0.1) is 0 Å². The first-order valence-corrected chi connectivity index (χ1v) is 6.80. The fourth-order valence-corrected chi connectivity index (χ4v) is 1.58. The number of anilines is 1. The van der Waals surface area contributed by atoms with E-state index < -0.39 is 0 Å². The van der Waals surface area contributed by atoms with Crippen LogP contribution in [0.25, 0.3) is 0 Å².